The maximum atomic E-state index is 14.3. The number of hydrogen-bond donors (Lipinski definition) is 3. The van der Waals surface area contributed by atoms with E-state index in [0.717, 1.165) is 17.0 Å². The highest BCUT2D eigenvalue weighted by Gasteiger charge is 2.33. The molecule has 0 aliphatic carbocycles. The molecule has 1 aliphatic rings. The van der Waals surface area contributed by atoms with Crippen LogP contribution in [0.4, 0.5) is 34.6 Å². The van der Waals surface area contributed by atoms with Crippen LogP contribution in [-0.4, -0.2) is 41.8 Å². The molecule has 3 amide bonds. The Labute approximate surface area is 249 Å². The van der Waals surface area contributed by atoms with Gasteiger partial charge in [-0.3, -0.25) is 14.4 Å². The highest BCUT2D eigenvalue weighted by atomic mass is 19.4. The summed E-state index contributed by atoms with van der Waals surface area (Å²) in [5.41, 5.74) is 0.891. The van der Waals surface area contributed by atoms with E-state index in [1.54, 1.807) is 42.5 Å². The van der Waals surface area contributed by atoms with Crippen LogP contribution in [0.1, 0.15) is 11.1 Å². The first-order chi connectivity index (χ1) is 21.0. The quantitative estimate of drug-likeness (QED) is 0.201. The Morgan fingerprint density at radius 2 is 1.34 bits per heavy atom. The second kappa shape index (κ2) is 12.9. The predicted octanol–water partition coefficient (Wildman–Crippen LogP) is 6.08. The Bertz CT molecular complexity index is 1650. The van der Waals surface area contributed by atoms with Crippen molar-refractivity contribution in [2.75, 3.05) is 29.0 Å². The largest absolute Gasteiger partial charge is 0.457 e. The fourth-order valence-electron chi connectivity index (χ4n) is 4.65. The zero-order valence-corrected chi connectivity index (χ0v) is 23.0. The summed E-state index contributed by atoms with van der Waals surface area (Å²) in [7, 11) is 0. The van der Waals surface area contributed by atoms with Crippen LogP contribution in [0, 0.1) is 5.82 Å². The van der Waals surface area contributed by atoms with E-state index in [9.17, 15) is 31.9 Å². The molecule has 1 aliphatic heterocycles. The molecular weight excluding hydrogens is 580 g/mol. The predicted molar refractivity (Wildman–Crippen MR) is 156 cm³/mol. The van der Waals surface area contributed by atoms with Crippen LogP contribution in [0.2, 0.25) is 0 Å². The van der Waals surface area contributed by atoms with E-state index in [0.29, 0.717) is 22.7 Å². The van der Waals surface area contributed by atoms with Crippen molar-refractivity contribution in [1.82, 2.24) is 4.90 Å². The van der Waals surface area contributed by atoms with Gasteiger partial charge in [0.1, 0.15) is 36.4 Å². The van der Waals surface area contributed by atoms with Gasteiger partial charge < -0.3 is 25.6 Å². The van der Waals surface area contributed by atoms with Crippen molar-refractivity contribution in [3.05, 3.63) is 114 Å². The van der Waals surface area contributed by atoms with Crippen LogP contribution in [-0.2, 0) is 27.0 Å². The van der Waals surface area contributed by atoms with E-state index < -0.39 is 54.4 Å². The summed E-state index contributed by atoms with van der Waals surface area (Å²) >= 11 is 0. The molecule has 0 spiro atoms. The summed E-state index contributed by atoms with van der Waals surface area (Å²) in [6.07, 6.45) is -4.27. The lowest BCUT2D eigenvalue weighted by Gasteiger charge is -2.25. The van der Waals surface area contributed by atoms with Gasteiger partial charge in [-0.05, 0) is 72.3 Å². The maximum absolute atomic E-state index is 14.3. The Morgan fingerprint density at radius 1 is 0.773 bits per heavy atom. The Balaban J connectivity index is 1.23. The van der Waals surface area contributed by atoms with Gasteiger partial charge >= 0.3 is 6.18 Å². The van der Waals surface area contributed by atoms with E-state index in [4.69, 9.17) is 4.74 Å². The van der Waals surface area contributed by atoms with Gasteiger partial charge in [-0.2, -0.15) is 13.2 Å². The Kier molecular flexibility index (Phi) is 8.79. The van der Waals surface area contributed by atoms with E-state index in [2.05, 4.69) is 16.0 Å². The molecule has 4 aromatic carbocycles. The minimum Gasteiger partial charge on any atom is -0.457 e. The number of hydrogen-bond acceptors (Lipinski definition) is 5. The van der Waals surface area contributed by atoms with Gasteiger partial charge in [-0.1, -0.05) is 30.3 Å². The molecule has 0 radical (unpaired) electrons. The average molecular weight is 607 g/mol. The summed E-state index contributed by atoms with van der Waals surface area (Å²) in [4.78, 5) is 40.4. The number of ether oxygens (including phenoxy) is 1. The van der Waals surface area contributed by atoms with Crippen molar-refractivity contribution in [2.45, 2.75) is 18.6 Å². The fourth-order valence-corrected chi connectivity index (χ4v) is 4.65. The molecule has 12 heteroatoms. The van der Waals surface area contributed by atoms with Crippen molar-refractivity contribution >= 4 is 34.8 Å². The number of rotatable bonds is 9. The normalized spacial score (nSPS) is 13.8. The summed E-state index contributed by atoms with van der Waals surface area (Å²) in [5.74, 6) is -1.67. The number of para-hydroxylation sites is 2. The van der Waals surface area contributed by atoms with Crippen LogP contribution >= 0.6 is 0 Å². The van der Waals surface area contributed by atoms with Gasteiger partial charge in [0.2, 0.25) is 17.7 Å². The van der Waals surface area contributed by atoms with Crippen LogP contribution in [0.15, 0.2) is 97.1 Å². The second-order valence-electron chi connectivity index (χ2n) is 9.98. The standard InChI is InChI=1S/C32H26F4N4O4/c33-26-8-4-5-20-17-27(39-30(20)26)31(43)40(18-28(41)37-22-6-2-1-3-7-22)19-29(42)38-23-11-15-25(16-12-23)44-24-13-9-21(10-14-24)32(34,35)36/h1-16,27,39H,17-19H2,(H,37,41)(H,38,42). The van der Waals surface area contributed by atoms with Crippen molar-refractivity contribution in [3.63, 3.8) is 0 Å². The minimum absolute atomic E-state index is 0.185. The monoisotopic (exact) mass is 606 g/mol. The molecule has 8 nitrogen and oxygen atoms in total. The van der Waals surface area contributed by atoms with Crippen LogP contribution in [0.25, 0.3) is 0 Å². The number of nitrogens with zero attached hydrogens (tertiary/aromatic N) is 1. The second-order valence-corrected chi connectivity index (χ2v) is 9.98. The van der Waals surface area contributed by atoms with Gasteiger partial charge in [0, 0.05) is 17.8 Å². The Morgan fingerprint density at radius 3 is 1.91 bits per heavy atom. The van der Waals surface area contributed by atoms with E-state index in [1.165, 1.54) is 42.5 Å². The highest BCUT2D eigenvalue weighted by Crippen LogP contribution is 2.32. The zero-order valence-electron chi connectivity index (χ0n) is 23.0. The lowest BCUT2D eigenvalue weighted by molar-refractivity contribution is -0.137. The number of anilines is 3. The minimum atomic E-state index is -4.46. The highest BCUT2D eigenvalue weighted by molar-refractivity contribution is 6.00. The van der Waals surface area contributed by atoms with E-state index in [-0.39, 0.29) is 17.9 Å². The van der Waals surface area contributed by atoms with Crippen molar-refractivity contribution in [1.29, 1.82) is 0 Å². The molecule has 5 rings (SSSR count). The van der Waals surface area contributed by atoms with Gasteiger partial charge in [0.15, 0.2) is 0 Å². The smallest absolute Gasteiger partial charge is 0.416 e. The summed E-state index contributed by atoms with van der Waals surface area (Å²) in [5, 5.41) is 8.21. The number of carbonyl (C=O) groups is 3. The van der Waals surface area contributed by atoms with E-state index in [1.807, 2.05) is 0 Å². The molecule has 44 heavy (non-hydrogen) atoms. The van der Waals surface area contributed by atoms with Gasteiger partial charge in [-0.25, -0.2) is 4.39 Å². The fraction of sp³-hybridized carbons (Fsp3) is 0.156. The van der Waals surface area contributed by atoms with Crippen LogP contribution in [0.5, 0.6) is 11.5 Å². The molecule has 1 heterocycles. The number of amides is 3. The topological polar surface area (TPSA) is 99.8 Å². The number of carbonyl (C=O) groups excluding carboxylic acids is 3. The Hall–Kier alpha value is -5.39. The molecule has 226 valence electrons. The SMILES string of the molecule is O=C(CN(CC(=O)Nc1ccc(Oc2ccc(C(F)(F)F)cc2)cc1)C(=O)C1Cc2cccc(F)c2N1)Nc1ccccc1. The van der Waals surface area contributed by atoms with Crippen molar-refractivity contribution in [3.8, 4) is 11.5 Å². The number of halogens is 4. The first-order valence-electron chi connectivity index (χ1n) is 13.5. The maximum Gasteiger partial charge on any atom is 0.416 e. The van der Waals surface area contributed by atoms with Crippen molar-refractivity contribution in [2.24, 2.45) is 0 Å². The molecule has 4 aromatic rings. The van der Waals surface area contributed by atoms with Gasteiger partial charge in [0.05, 0.1) is 11.3 Å². The molecule has 0 saturated heterocycles. The molecular formula is C32H26F4N4O4. The van der Waals surface area contributed by atoms with Crippen LogP contribution in [0.3, 0.4) is 0 Å². The van der Waals surface area contributed by atoms with Crippen molar-refractivity contribution < 1.29 is 36.7 Å². The molecule has 1 unspecified atom stereocenters. The molecule has 1 atom stereocenters. The van der Waals surface area contributed by atoms with Gasteiger partial charge in [-0.15, -0.1) is 0 Å². The number of fused-ring (bicyclic) bond motifs is 1. The van der Waals surface area contributed by atoms with Crippen LogP contribution < -0.4 is 20.7 Å². The third-order valence-electron chi connectivity index (χ3n) is 6.73. The third kappa shape index (κ3) is 7.51. The number of benzene rings is 4. The molecule has 0 saturated carbocycles. The van der Waals surface area contributed by atoms with Gasteiger partial charge in [0.25, 0.3) is 0 Å². The first kappa shape index (κ1) is 30.1. The number of alkyl halides is 3. The summed E-state index contributed by atoms with van der Waals surface area (Å²) in [6.45, 7) is -0.903. The molecule has 0 fully saturated rings. The summed E-state index contributed by atoms with van der Waals surface area (Å²) in [6, 6.07) is 22.5. The lowest BCUT2D eigenvalue weighted by atomic mass is 10.1. The average Bonchev–Trinajstić information content (AvgIpc) is 3.44. The molecule has 0 bridgehead atoms. The first-order valence-corrected chi connectivity index (χ1v) is 13.5. The summed E-state index contributed by atoms with van der Waals surface area (Å²) < 4.78 is 58.2. The molecule has 3 N–H and O–H groups in total. The lowest BCUT2D eigenvalue weighted by Crippen LogP contribution is -2.48. The third-order valence-corrected chi connectivity index (χ3v) is 6.73. The zero-order chi connectivity index (χ0) is 31.3. The number of nitrogens with one attached hydrogen (secondary N) is 3. The molecule has 0 aromatic heterocycles. The van der Waals surface area contributed by atoms with E-state index >= 15 is 0 Å².